The third-order valence-corrected chi connectivity index (χ3v) is 1.58. The molecular weight excluding hydrogens is 156 g/mol. The van der Waals surface area contributed by atoms with Gasteiger partial charge in [-0.15, -0.1) is 4.91 Å². The first kappa shape index (κ1) is 8.67. The number of aromatic hydroxyl groups is 1. The predicted octanol–water partition coefficient (Wildman–Crippen LogP) is 1.29. The van der Waals surface area contributed by atoms with Crippen molar-refractivity contribution >= 4 is 5.69 Å². The minimum Gasteiger partial charge on any atom is -0.508 e. The maximum atomic E-state index is 10.3. The number of benzene rings is 1. The Bertz CT molecular complexity index is 286. The summed E-state index contributed by atoms with van der Waals surface area (Å²) in [6.45, 7) is 0.466. The molecule has 64 valence electrons. The van der Waals surface area contributed by atoms with Crippen molar-refractivity contribution in [3.05, 3.63) is 28.7 Å². The molecule has 0 amide bonds. The van der Waals surface area contributed by atoms with E-state index in [0.29, 0.717) is 13.0 Å². The molecule has 0 heterocycles. The van der Waals surface area contributed by atoms with E-state index >= 15 is 0 Å². The Morgan fingerprint density at radius 2 is 2.25 bits per heavy atom. The Morgan fingerprint density at radius 3 is 2.83 bits per heavy atom. The van der Waals surface area contributed by atoms with Crippen LogP contribution in [0.5, 0.6) is 5.75 Å². The number of nitroso groups, excluding NO2 is 1. The molecule has 0 aliphatic heterocycles. The average Bonchev–Trinajstić information content (AvgIpc) is 2.08. The number of hydrogen-bond donors (Lipinski definition) is 2. The van der Waals surface area contributed by atoms with E-state index in [-0.39, 0.29) is 11.4 Å². The number of nitrogens with zero attached hydrogens (tertiary/aromatic N) is 1. The molecule has 0 radical (unpaired) electrons. The van der Waals surface area contributed by atoms with Gasteiger partial charge in [0.25, 0.3) is 0 Å². The number of phenolic OH excluding ortho intramolecular Hbond substituents is 1. The summed E-state index contributed by atoms with van der Waals surface area (Å²) in [4.78, 5) is 10.3. The number of phenols is 1. The van der Waals surface area contributed by atoms with Crippen molar-refractivity contribution in [1.29, 1.82) is 0 Å². The van der Waals surface area contributed by atoms with Crippen molar-refractivity contribution in [3.8, 4) is 5.75 Å². The van der Waals surface area contributed by atoms with Crippen molar-refractivity contribution in [2.75, 3.05) is 6.54 Å². The van der Waals surface area contributed by atoms with Gasteiger partial charge >= 0.3 is 0 Å². The van der Waals surface area contributed by atoms with Gasteiger partial charge in [-0.1, -0.05) is 6.07 Å². The summed E-state index contributed by atoms with van der Waals surface area (Å²) >= 11 is 0. The molecule has 0 spiro atoms. The maximum Gasteiger partial charge on any atom is 0.117 e. The summed E-state index contributed by atoms with van der Waals surface area (Å²) in [5.74, 6) is 0.0466. The van der Waals surface area contributed by atoms with Crippen LogP contribution in [0.4, 0.5) is 5.69 Å². The lowest BCUT2D eigenvalue weighted by Gasteiger charge is -2.01. The van der Waals surface area contributed by atoms with E-state index in [1.165, 1.54) is 12.1 Å². The molecule has 0 aliphatic rings. The third-order valence-electron chi connectivity index (χ3n) is 1.58. The van der Waals surface area contributed by atoms with Gasteiger partial charge < -0.3 is 10.8 Å². The van der Waals surface area contributed by atoms with Crippen molar-refractivity contribution in [1.82, 2.24) is 0 Å². The highest BCUT2D eigenvalue weighted by atomic mass is 16.3. The van der Waals surface area contributed by atoms with Crippen LogP contribution in [0.3, 0.4) is 0 Å². The molecule has 12 heavy (non-hydrogen) atoms. The normalized spacial score (nSPS) is 9.75. The van der Waals surface area contributed by atoms with Crippen LogP contribution < -0.4 is 5.73 Å². The molecular formula is C8H10N2O2. The van der Waals surface area contributed by atoms with E-state index in [0.717, 1.165) is 5.56 Å². The molecule has 4 heteroatoms. The second-order valence-corrected chi connectivity index (χ2v) is 2.44. The van der Waals surface area contributed by atoms with Gasteiger partial charge in [-0.3, -0.25) is 0 Å². The summed E-state index contributed by atoms with van der Waals surface area (Å²) in [6.07, 6.45) is 0.599. The highest BCUT2D eigenvalue weighted by Crippen LogP contribution is 2.24. The zero-order valence-corrected chi connectivity index (χ0v) is 6.53. The highest BCUT2D eigenvalue weighted by Gasteiger charge is 2.02. The third kappa shape index (κ3) is 1.79. The number of nitrogens with two attached hydrogens (primary N) is 1. The molecule has 0 unspecified atom stereocenters. The van der Waals surface area contributed by atoms with E-state index < -0.39 is 0 Å². The van der Waals surface area contributed by atoms with E-state index in [9.17, 15) is 4.91 Å². The van der Waals surface area contributed by atoms with Crippen molar-refractivity contribution in [3.63, 3.8) is 0 Å². The fourth-order valence-corrected chi connectivity index (χ4v) is 1.00. The second-order valence-electron chi connectivity index (χ2n) is 2.44. The lowest BCUT2D eigenvalue weighted by molar-refractivity contribution is 0.475. The van der Waals surface area contributed by atoms with Crippen LogP contribution >= 0.6 is 0 Å². The molecule has 0 fully saturated rings. The van der Waals surface area contributed by atoms with Crippen LogP contribution in [-0.4, -0.2) is 11.7 Å². The van der Waals surface area contributed by atoms with Gasteiger partial charge in [-0.25, -0.2) is 0 Å². The molecule has 0 aromatic heterocycles. The Kier molecular flexibility index (Phi) is 2.76. The number of rotatable bonds is 3. The van der Waals surface area contributed by atoms with Gasteiger partial charge in [-0.2, -0.15) is 0 Å². The Morgan fingerprint density at radius 1 is 1.50 bits per heavy atom. The number of hydrogen-bond acceptors (Lipinski definition) is 4. The fourth-order valence-electron chi connectivity index (χ4n) is 1.00. The Balaban J connectivity index is 3.02. The van der Waals surface area contributed by atoms with Crippen LogP contribution in [0.15, 0.2) is 23.4 Å². The van der Waals surface area contributed by atoms with Crippen LogP contribution in [0.25, 0.3) is 0 Å². The fraction of sp³-hybridized carbons (Fsp3) is 0.250. The van der Waals surface area contributed by atoms with Gasteiger partial charge in [0.2, 0.25) is 0 Å². The van der Waals surface area contributed by atoms with E-state index in [4.69, 9.17) is 10.8 Å². The lowest BCUT2D eigenvalue weighted by Crippen LogP contribution is -2.02. The molecule has 0 saturated heterocycles. The van der Waals surface area contributed by atoms with Gasteiger partial charge in [0, 0.05) is 6.07 Å². The molecule has 0 atom stereocenters. The molecule has 3 N–H and O–H groups in total. The zero-order chi connectivity index (χ0) is 8.97. The molecule has 1 aromatic carbocycles. The van der Waals surface area contributed by atoms with Crippen molar-refractivity contribution in [2.45, 2.75) is 6.42 Å². The SMILES string of the molecule is NCCc1ccc(O)cc1N=O. The average molecular weight is 166 g/mol. The summed E-state index contributed by atoms with van der Waals surface area (Å²) in [5.41, 5.74) is 6.35. The summed E-state index contributed by atoms with van der Waals surface area (Å²) in [5, 5.41) is 11.8. The van der Waals surface area contributed by atoms with Gasteiger partial charge in [0.05, 0.1) is 0 Å². The highest BCUT2D eigenvalue weighted by molar-refractivity contribution is 5.50. The van der Waals surface area contributed by atoms with Gasteiger partial charge in [0.1, 0.15) is 11.4 Å². The minimum atomic E-state index is 0.0466. The summed E-state index contributed by atoms with van der Waals surface area (Å²) in [7, 11) is 0. The molecule has 1 aromatic rings. The van der Waals surface area contributed by atoms with Crippen LogP contribution in [0, 0.1) is 4.91 Å². The van der Waals surface area contributed by atoms with Gasteiger partial charge in [-0.05, 0) is 29.8 Å². The van der Waals surface area contributed by atoms with Crippen LogP contribution in [0.1, 0.15) is 5.56 Å². The molecule has 4 nitrogen and oxygen atoms in total. The topological polar surface area (TPSA) is 75.7 Å². The molecule has 0 bridgehead atoms. The zero-order valence-electron chi connectivity index (χ0n) is 6.53. The molecule has 0 saturated carbocycles. The second kappa shape index (κ2) is 3.82. The van der Waals surface area contributed by atoms with E-state index in [1.807, 2.05) is 0 Å². The summed E-state index contributed by atoms with van der Waals surface area (Å²) in [6, 6.07) is 4.50. The minimum absolute atomic E-state index is 0.0466. The van der Waals surface area contributed by atoms with E-state index in [1.54, 1.807) is 6.07 Å². The van der Waals surface area contributed by atoms with Gasteiger partial charge in [0.15, 0.2) is 0 Å². The molecule has 0 aliphatic carbocycles. The van der Waals surface area contributed by atoms with Crippen LogP contribution in [0.2, 0.25) is 0 Å². The Labute approximate surface area is 70.0 Å². The van der Waals surface area contributed by atoms with Crippen molar-refractivity contribution < 1.29 is 5.11 Å². The lowest BCUT2D eigenvalue weighted by atomic mass is 10.1. The quantitative estimate of drug-likeness (QED) is 0.664. The first-order valence-corrected chi connectivity index (χ1v) is 3.63. The van der Waals surface area contributed by atoms with Crippen LogP contribution in [-0.2, 0) is 6.42 Å². The first-order chi connectivity index (χ1) is 5.77. The standard InChI is InChI=1S/C8H10N2O2/c9-4-3-6-1-2-7(11)5-8(6)10-12/h1-2,5,11H,3-4,9H2. The first-order valence-electron chi connectivity index (χ1n) is 3.63. The summed E-state index contributed by atoms with van der Waals surface area (Å²) < 4.78 is 0. The Hall–Kier alpha value is -1.42. The van der Waals surface area contributed by atoms with Crippen molar-refractivity contribution in [2.24, 2.45) is 10.9 Å². The predicted molar refractivity (Wildman–Crippen MR) is 46.3 cm³/mol. The largest absolute Gasteiger partial charge is 0.508 e. The van der Waals surface area contributed by atoms with E-state index in [2.05, 4.69) is 5.18 Å². The smallest absolute Gasteiger partial charge is 0.117 e. The molecule has 1 rings (SSSR count). The monoisotopic (exact) mass is 166 g/mol. The maximum absolute atomic E-state index is 10.3.